The largest absolute Gasteiger partial charge is 0.435 e. The first-order chi connectivity index (χ1) is 19.5. The lowest BCUT2D eigenvalue weighted by Gasteiger charge is -2.38. The molecule has 1 saturated carbocycles. The van der Waals surface area contributed by atoms with Gasteiger partial charge in [0.2, 0.25) is 5.91 Å². The third-order valence-corrected chi connectivity index (χ3v) is 8.14. The van der Waals surface area contributed by atoms with Gasteiger partial charge < -0.3 is 16.0 Å². The smallest absolute Gasteiger partial charge is 0.336 e. The van der Waals surface area contributed by atoms with Crippen LogP contribution in [0.15, 0.2) is 53.5 Å². The fourth-order valence-corrected chi connectivity index (χ4v) is 5.73. The van der Waals surface area contributed by atoms with Crippen LogP contribution < -0.4 is 11.1 Å². The number of benzene rings is 1. The summed E-state index contributed by atoms with van der Waals surface area (Å²) in [5.41, 5.74) is 5.68. The molecule has 41 heavy (non-hydrogen) atoms. The SMILES string of the molecule is CC1CC(C(CCC2CC2)N2CCCCC2=O)=CC(NC(=O)c2cc(C(F)(F)F)nn2-c2cccc(CN)c2)=C1F. The summed E-state index contributed by atoms with van der Waals surface area (Å²) in [6.07, 6.45) is 3.48. The predicted octanol–water partition coefficient (Wildman–Crippen LogP) is 5.80. The number of nitrogens with one attached hydrogen (secondary N) is 1. The van der Waals surface area contributed by atoms with Gasteiger partial charge in [-0.25, -0.2) is 9.07 Å². The fourth-order valence-electron chi connectivity index (χ4n) is 5.73. The summed E-state index contributed by atoms with van der Waals surface area (Å²) in [5, 5.41) is 6.18. The Hall–Kier alpha value is -3.47. The molecule has 2 heterocycles. The number of nitrogens with two attached hydrogens (primary N) is 1. The maximum Gasteiger partial charge on any atom is 0.435 e. The van der Waals surface area contributed by atoms with E-state index in [1.807, 2.05) is 4.90 Å². The molecule has 2 aromatic rings. The number of allylic oxidation sites excluding steroid dienone is 2. The fraction of sp³-hybridized carbons (Fsp3) is 0.500. The number of amides is 2. The van der Waals surface area contributed by atoms with Crippen LogP contribution in [0.25, 0.3) is 5.69 Å². The van der Waals surface area contributed by atoms with Crippen molar-refractivity contribution in [3.8, 4) is 5.69 Å². The Morgan fingerprint density at radius 3 is 2.68 bits per heavy atom. The number of rotatable bonds is 9. The minimum atomic E-state index is -4.79. The van der Waals surface area contributed by atoms with E-state index in [9.17, 15) is 22.8 Å². The maximum absolute atomic E-state index is 15.4. The van der Waals surface area contributed by atoms with E-state index < -0.39 is 35.2 Å². The number of nitrogens with zero attached hydrogens (tertiary/aromatic N) is 3. The minimum absolute atomic E-state index is 0.0782. The average Bonchev–Trinajstić information content (AvgIpc) is 3.65. The molecule has 2 fully saturated rings. The van der Waals surface area contributed by atoms with Crippen LogP contribution in [-0.2, 0) is 17.5 Å². The van der Waals surface area contributed by atoms with Crippen LogP contribution in [0.4, 0.5) is 17.6 Å². The van der Waals surface area contributed by atoms with Crippen molar-refractivity contribution in [1.29, 1.82) is 0 Å². The number of alkyl halides is 3. The minimum Gasteiger partial charge on any atom is -0.336 e. The van der Waals surface area contributed by atoms with Crippen molar-refractivity contribution >= 4 is 11.8 Å². The summed E-state index contributed by atoms with van der Waals surface area (Å²) < 4.78 is 57.2. The highest BCUT2D eigenvalue weighted by molar-refractivity contribution is 5.95. The molecule has 1 aromatic heterocycles. The van der Waals surface area contributed by atoms with Crippen LogP contribution in [0.5, 0.6) is 0 Å². The topological polar surface area (TPSA) is 93.2 Å². The molecule has 11 heteroatoms. The summed E-state index contributed by atoms with van der Waals surface area (Å²) in [7, 11) is 0. The molecular formula is C30H35F4N5O2. The molecule has 0 radical (unpaired) electrons. The van der Waals surface area contributed by atoms with Crippen LogP contribution in [0.1, 0.15) is 80.0 Å². The molecule has 7 nitrogen and oxygen atoms in total. The van der Waals surface area contributed by atoms with Gasteiger partial charge >= 0.3 is 6.18 Å². The van der Waals surface area contributed by atoms with Gasteiger partial charge in [0.15, 0.2) is 5.69 Å². The maximum atomic E-state index is 15.4. The van der Waals surface area contributed by atoms with Gasteiger partial charge in [0.25, 0.3) is 5.91 Å². The highest BCUT2D eigenvalue weighted by Crippen LogP contribution is 2.39. The summed E-state index contributed by atoms with van der Waals surface area (Å²) in [5.74, 6) is -1.32. The van der Waals surface area contributed by atoms with Crippen molar-refractivity contribution in [3.63, 3.8) is 0 Å². The lowest BCUT2D eigenvalue weighted by Crippen LogP contribution is -2.45. The number of halogens is 4. The molecule has 3 N–H and O–H groups in total. The molecule has 0 bridgehead atoms. The van der Waals surface area contributed by atoms with E-state index in [0.29, 0.717) is 36.9 Å². The summed E-state index contributed by atoms with van der Waals surface area (Å²) in [6, 6.07) is 6.84. The van der Waals surface area contributed by atoms with E-state index >= 15 is 4.39 Å². The Balaban J connectivity index is 1.47. The van der Waals surface area contributed by atoms with E-state index in [1.165, 1.54) is 18.9 Å². The Kier molecular flexibility index (Phi) is 8.35. The molecule has 1 aromatic carbocycles. The first kappa shape index (κ1) is 29.0. The van der Waals surface area contributed by atoms with Gasteiger partial charge in [-0.2, -0.15) is 18.3 Å². The summed E-state index contributed by atoms with van der Waals surface area (Å²) >= 11 is 0. The van der Waals surface area contributed by atoms with Gasteiger partial charge in [0.1, 0.15) is 11.5 Å². The molecule has 5 rings (SSSR count). The molecule has 2 amide bonds. The normalized spacial score (nSPS) is 20.7. The zero-order valence-electron chi connectivity index (χ0n) is 23.0. The molecule has 2 atom stereocenters. The van der Waals surface area contributed by atoms with E-state index in [2.05, 4.69) is 10.4 Å². The van der Waals surface area contributed by atoms with Crippen LogP contribution in [-0.4, -0.2) is 39.1 Å². The number of piperidine rings is 1. The standard InChI is InChI=1S/C30H35F4N5O2/c1-18-13-21(24(11-10-19-8-9-19)38-12-3-2-7-27(38)40)15-23(28(18)31)36-29(41)25-16-26(30(32,33)34)37-39(25)22-6-4-5-20(14-22)17-35/h4-6,14-16,18-19,24H,2-3,7-13,17,35H2,1H3,(H,36,41). The second-order valence-electron chi connectivity index (χ2n) is 11.3. The first-order valence-electron chi connectivity index (χ1n) is 14.2. The van der Waals surface area contributed by atoms with Crippen LogP contribution in [0.2, 0.25) is 0 Å². The summed E-state index contributed by atoms with van der Waals surface area (Å²) in [6.45, 7) is 2.48. The molecule has 3 aliphatic rings. The second-order valence-corrected chi connectivity index (χ2v) is 11.3. The highest BCUT2D eigenvalue weighted by Gasteiger charge is 2.37. The van der Waals surface area contributed by atoms with Gasteiger partial charge in [0, 0.05) is 31.5 Å². The van der Waals surface area contributed by atoms with Crippen molar-refractivity contribution in [3.05, 3.63) is 70.5 Å². The number of hydrogen-bond acceptors (Lipinski definition) is 4. The van der Waals surface area contributed by atoms with Gasteiger partial charge in [-0.15, -0.1) is 0 Å². The van der Waals surface area contributed by atoms with Gasteiger partial charge in [-0.3, -0.25) is 9.59 Å². The Labute approximate surface area is 236 Å². The van der Waals surface area contributed by atoms with E-state index in [1.54, 1.807) is 31.2 Å². The lowest BCUT2D eigenvalue weighted by molar-refractivity contribution is -0.141. The van der Waals surface area contributed by atoms with E-state index in [4.69, 9.17) is 5.73 Å². The van der Waals surface area contributed by atoms with Crippen LogP contribution >= 0.6 is 0 Å². The third-order valence-electron chi connectivity index (χ3n) is 8.14. The number of carbonyl (C=O) groups is 2. The molecule has 220 valence electrons. The quantitative estimate of drug-likeness (QED) is 0.371. The van der Waals surface area contributed by atoms with Crippen molar-refractivity contribution in [2.75, 3.05) is 6.54 Å². The number of aromatic nitrogens is 2. The van der Waals surface area contributed by atoms with E-state index in [0.717, 1.165) is 35.9 Å². The number of carbonyl (C=O) groups excluding carboxylic acids is 2. The Morgan fingerprint density at radius 1 is 1.22 bits per heavy atom. The predicted molar refractivity (Wildman–Crippen MR) is 145 cm³/mol. The number of likely N-dealkylation sites (tertiary alicyclic amines) is 1. The van der Waals surface area contributed by atoms with Crippen LogP contribution in [0, 0.1) is 11.8 Å². The van der Waals surface area contributed by atoms with Crippen LogP contribution in [0.3, 0.4) is 0 Å². The lowest BCUT2D eigenvalue weighted by atomic mass is 9.85. The molecular weight excluding hydrogens is 538 g/mol. The summed E-state index contributed by atoms with van der Waals surface area (Å²) in [4.78, 5) is 28.2. The average molecular weight is 574 g/mol. The Bertz CT molecular complexity index is 1380. The van der Waals surface area contributed by atoms with E-state index in [-0.39, 0.29) is 29.9 Å². The van der Waals surface area contributed by atoms with Crippen molar-refractivity contribution in [2.24, 2.45) is 17.6 Å². The zero-order valence-corrected chi connectivity index (χ0v) is 23.0. The molecule has 1 saturated heterocycles. The monoisotopic (exact) mass is 573 g/mol. The van der Waals surface area contributed by atoms with Gasteiger partial charge in [0.05, 0.1) is 17.4 Å². The third kappa shape index (κ3) is 6.55. The molecule has 1 aliphatic heterocycles. The van der Waals surface area contributed by atoms with Crippen molar-refractivity contribution in [2.45, 2.75) is 77.1 Å². The zero-order chi connectivity index (χ0) is 29.3. The Morgan fingerprint density at radius 2 is 2.00 bits per heavy atom. The van der Waals surface area contributed by atoms with Crippen molar-refractivity contribution in [1.82, 2.24) is 20.0 Å². The molecule has 2 aliphatic carbocycles. The number of hydrogen-bond donors (Lipinski definition) is 2. The van der Waals surface area contributed by atoms with Gasteiger partial charge in [-0.1, -0.05) is 31.9 Å². The molecule has 0 spiro atoms. The molecule has 2 unspecified atom stereocenters. The van der Waals surface area contributed by atoms with Crippen molar-refractivity contribution < 1.29 is 27.2 Å². The highest BCUT2D eigenvalue weighted by atomic mass is 19.4. The van der Waals surface area contributed by atoms with Gasteiger partial charge in [-0.05, 0) is 67.4 Å². The second kappa shape index (κ2) is 11.8. The first-order valence-corrected chi connectivity index (χ1v) is 14.2.